The number of likely N-dealkylation sites (tertiary alicyclic amines) is 1. The van der Waals surface area contributed by atoms with Gasteiger partial charge in [0.25, 0.3) is 5.91 Å². The predicted octanol–water partition coefficient (Wildman–Crippen LogP) is 2.69. The van der Waals surface area contributed by atoms with Crippen LogP contribution in [-0.4, -0.2) is 41.3 Å². The SMILES string of the molecule is COc1c(C(=O)N2CCC(C)C(Cl)C2)cccc1[N+](=O)[O-]. The molecule has 0 radical (unpaired) electrons. The number of carbonyl (C=O) groups is 1. The number of ether oxygens (including phenoxy) is 1. The topological polar surface area (TPSA) is 72.7 Å². The van der Waals surface area contributed by atoms with Gasteiger partial charge in [-0.05, 0) is 18.4 Å². The number of nitro benzene ring substituents is 1. The Balaban J connectivity index is 2.31. The quantitative estimate of drug-likeness (QED) is 0.488. The first-order valence-electron chi connectivity index (χ1n) is 6.70. The minimum Gasteiger partial charge on any atom is -0.490 e. The van der Waals surface area contributed by atoms with Crippen molar-refractivity contribution in [2.75, 3.05) is 20.2 Å². The number of amides is 1. The first kappa shape index (κ1) is 15.6. The van der Waals surface area contributed by atoms with Gasteiger partial charge in [-0.25, -0.2) is 0 Å². The van der Waals surface area contributed by atoms with Crippen LogP contribution in [0.3, 0.4) is 0 Å². The molecule has 1 heterocycles. The van der Waals surface area contributed by atoms with Gasteiger partial charge < -0.3 is 9.64 Å². The molecule has 114 valence electrons. The Morgan fingerprint density at radius 1 is 1.52 bits per heavy atom. The summed E-state index contributed by atoms with van der Waals surface area (Å²) in [5.74, 6) is 0.0630. The van der Waals surface area contributed by atoms with E-state index >= 15 is 0 Å². The number of benzene rings is 1. The summed E-state index contributed by atoms with van der Waals surface area (Å²) in [5.41, 5.74) is -0.0127. The van der Waals surface area contributed by atoms with Gasteiger partial charge in [-0.2, -0.15) is 0 Å². The van der Waals surface area contributed by atoms with Crippen LogP contribution in [0.2, 0.25) is 0 Å². The molecule has 0 bridgehead atoms. The van der Waals surface area contributed by atoms with Crippen molar-refractivity contribution in [3.8, 4) is 5.75 Å². The standard InChI is InChI=1S/C14H17ClN2O4/c1-9-6-7-16(8-11(9)15)14(18)10-4-3-5-12(17(19)20)13(10)21-2/h3-5,9,11H,6-8H2,1-2H3. The van der Waals surface area contributed by atoms with E-state index in [-0.39, 0.29) is 28.3 Å². The van der Waals surface area contributed by atoms with Crippen molar-refractivity contribution >= 4 is 23.2 Å². The molecule has 1 aliphatic heterocycles. The number of methoxy groups -OCH3 is 1. The molecule has 0 N–H and O–H groups in total. The van der Waals surface area contributed by atoms with Crippen molar-refractivity contribution in [2.24, 2.45) is 5.92 Å². The summed E-state index contributed by atoms with van der Waals surface area (Å²) in [7, 11) is 1.32. The van der Waals surface area contributed by atoms with E-state index in [2.05, 4.69) is 0 Å². The monoisotopic (exact) mass is 312 g/mol. The predicted molar refractivity (Wildman–Crippen MR) is 79.0 cm³/mol. The minimum absolute atomic E-state index is 0.00255. The number of alkyl halides is 1. The molecule has 0 saturated carbocycles. The number of nitrogens with zero attached hydrogens (tertiary/aromatic N) is 2. The van der Waals surface area contributed by atoms with Crippen LogP contribution in [0.5, 0.6) is 5.75 Å². The van der Waals surface area contributed by atoms with Gasteiger partial charge >= 0.3 is 5.69 Å². The molecule has 0 aliphatic carbocycles. The number of halogens is 1. The Morgan fingerprint density at radius 3 is 2.81 bits per heavy atom. The Hall–Kier alpha value is -1.82. The van der Waals surface area contributed by atoms with Crippen molar-refractivity contribution in [2.45, 2.75) is 18.7 Å². The highest BCUT2D eigenvalue weighted by Gasteiger charge is 2.31. The maximum absolute atomic E-state index is 12.6. The molecule has 1 aromatic carbocycles. The highest BCUT2D eigenvalue weighted by Crippen LogP contribution is 2.32. The third kappa shape index (κ3) is 3.10. The summed E-state index contributed by atoms with van der Waals surface area (Å²) in [5, 5.41) is 10.9. The minimum atomic E-state index is -0.557. The fourth-order valence-corrected chi connectivity index (χ4v) is 2.72. The summed E-state index contributed by atoms with van der Waals surface area (Å²) < 4.78 is 5.08. The van der Waals surface area contributed by atoms with Crippen molar-refractivity contribution < 1.29 is 14.5 Å². The van der Waals surface area contributed by atoms with E-state index in [9.17, 15) is 14.9 Å². The first-order valence-corrected chi connectivity index (χ1v) is 7.14. The number of para-hydroxylation sites is 1. The molecule has 6 nitrogen and oxygen atoms in total. The summed E-state index contributed by atoms with van der Waals surface area (Å²) in [6, 6.07) is 4.34. The first-order chi connectivity index (χ1) is 9.95. The molecule has 1 fully saturated rings. The summed E-state index contributed by atoms with van der Waals surface area (Å²) in [4.78, 5) is 24.6. The van der Waals surface area contributed by atoms with E-state index in [4.69, 9.17) is 16.3 Å². The Bertz CT molecular complexity index is 564. The second kappa shape index (κ2) is 6.30. The smallest absolute Gasteiger partial charge is 0.311 e. The molecule has 1 aliphatic rings. The van der Waals surface area contributed by atoms with Gasteiger partial charge in [-0.1, -0.05) is 13.0 Å². The second-order valence-corrected chi connectivity index (χ2v) is 5.71. The van der Waals surface area contributed by atoms with Crippen molar-refractivity contribution in [1.29, 1.82) is 0 Å². The van der Waals surface area contributed by atoms with E-state index in [0.717, 1.165) is 6.42 Å². The molecule has 2 rings (SSSR count). The average Bonchev–Trinajstić information content (AvgIpc) is 2.48. The number of carbonyl (C=O) groups excluding carboxylic acids is 1. The third-order valence-corrected chi connectivity index (χ3v) is 4.35. The zero-order valence-corrected chi connectivity index (χ0v) is 12.7. The molecular formula is C14H17ClN2O4. The Kier molecular flexibility index (Phi) is 4.67. The largest absolute Gasteiger partial charge is 0.490 e. The molecule has 1 amide bonds. The van der Waals surface area contributed by atoms with Crippen LogP contribution in [0.15, 0.2) is 18.2 Å². The molecule has 2 unspecified atom stereocenters. The number of rotatable bonds is 3. The van der Waals surface area contributed by atoms with Crippen LogP contribution in [0.1, 0.15) is 23.7 Å². The fourth-order valence-electron chi connectivity index (χ4n) is 2.43. The van der Waals surface area contributed by atoms with Crippen molar-refractivity contribution in [3.63, 3.8) is 0 Å². The van der Waals surface area contributed by atoms with Gasteiger partial charge in [-0.3, -0.25) is 14.9 Å². The normalized spacial score (nSPS) is 22.0. The Labute approximate surface area is 127 Å². The lowest BCUT2D eigenvalue weighted by molar-refractivity contribution is -0.385. The average molecular weight is 313 g/mol. The zero-order chi connectivity index (χ0) is 15.6. The molecule has 1 saturated heterocycles. The highest BCUT2D eigenvalue weighted by molar-refractivity contribution is 6.21. The van der Waals surface area contributed by atoms with E-state index < -0.39 is 4.92 Å². The lowest BCUT2D eigenvalue weighted by Gasteiger charge is -2.34. The van der Waals surface area contributed by atoms with Gasteiger partial charge in [0.1, 0.15) is 0 Å². The number of hydrogen-bond acceptors (Lipinski definition) is 4. The molecular weight excluding hydrogens is 296 g/mol. The van der Waals surface area contributed by atoms with Gasteiger partial charge in [-0.15, -0.1) is 11.6 Å². The molecule has 7 heteroatoms. The zero-order valence-electron chi connectivity index (χ0n) is 11.9. The van der Waals surface area contributed by atoms with E-state index in [1.54, 1.807) is 4.90 Å². The van der Waals surface area contributed by atoms with Crippen LogP contribution < -0.4 is 4.74 Å². The molecule has 1 aromatic rings. The third-order valence-electron chi connectivity index (χ3n) is 3.78. The number of nitro groups is 1. The van der Waals surface area contributed by atoms with Crippen LogP contribution in [-0.2, 0) is 0 Å². The van der Waals surface area contributed by atoms with Gasteiger partial charge in [0.05, 0.1) is 23.0 Å². The lowest BCUT2D eigenvalue weighted by Crippen LogP contribution is -2.43. The van der Waals surface area contributed by atoms with E-state index in [1.165, 1.54) is 25.3 Å². The summed E-state index contributed by atoms with van der Waals surface area (Å²) in [6.45, 7) is 3.08. The Morgan fingerprint density at radius 2 is 2.24 bits per heavy atom. The molecule has 21 heavy (non-hydrogen) atoms. The maximum Gasteiger partial charge on any atom is 0.311 e. The number of hydrogen-bond donors (Lipinski definition) is 0. The lowest BCUT2D eigenvalue weighted by atomic mass is 9.98. The van der Waals surface area contributed by atoms with Crippen LogP contribution in [0, 0.1) is 16.0 Å². The highest BCUT2D eigenvalue weighted by atomic mass is 35.5. The molecule has 0 spiro atoms. The summed E-state index contributed by atoms with van der Waals surface area (Å²) >= 11 is 6.22. The van der Waals surface area contributed by atoms with E-state index in [0.29, 0.717) is 19.0 Å². The van der Waals surface area contributed by atoms with Gasteiger partial charge in [0.2, 0.25) is 5.75 Å². The molecule has 0 aromatic heterocycles. The summed E-state index contributed by atoms with van der Waals surface area (Å²) in [6.07, 6.45) is 0.817. The van der Waals surface area contributed by atoms with Gasteiger partial charge in [0, 0.05) is 19.2 Å². The number of piperidine rings is 1. The van der Waals surface area contributed by atoms with Crippen molar-refractivity contribution in [1.82, 2.24) is 4.90 Å². The molecule has 2 atom stereocenters. The van der Waals surface area contributed by atoms with Crippen molar-refractivity contribution in [3.05, 3.63) is 33.9 Å². The van der Waals surface area contributed by atoms with Gasteiger partial charge in [0.15, 0.2) is 0 Å². The van der Waals surface area contributed by atoms with Crippen LogP contribution in [0.25, 0.3) is 0 Å². The second-order valence-electron chi connectivity index (χ2n) is 5.15. The van der Waals surface area contributed by atoms with E-state index in [1.807, 2.05) is 6.92 Å². The van der Waals surface area contributed by atoms with Crippen LogP contribution >= 0.6 is 11.6 Å². The fraction of sp³-hybridized carbons (Fsp3) is 0.500. The van der Waals surface area contributed by atoms with Crippen LogP contribution in [0.4, 0.5) is 5.69 Å². The maximum atomic E-state index is 12.6.